The van der Waals surface area contributed by atoms with Crippen molar-refractivity contribution in [2.24, 2.45) is 5.92 Å². The van der Waals surface area contributed by atoms with Crippen LogP contribution in [0.15, 0.2) is 0 Å². The smallest absolute Gasteiger partial charge is 0.314 e. The van der Waals surface area contributed by atoms with Crippen LogP contribution in [-0.4, -0.2) is 43.3 Å². The maximum Gasteiger partial charge on any atom is 0.391 e. The Balaban J connectivity index is 2.10. The average Bonchev–Trinajstić information content (AvgIpc) is 2.38. The van der Waals surface area contributed by atoms with E-state index in [1.807, 2.05) is 0 Å². The van der Waals surface area contributed by atoms with Crippen molar-refractivity contribution >= 4 is 0 Å². The normalized spacial score (nSPS) is 24.9. The zero-order chi connectivity index (χ0) is 14.3. The summed E-state index contributed by atoms with van der Waals surface area (Å²) in [4.78, 5) is 2.36. The van der Waals surface area contributed by atoms with Gasteiger partial charge in [0.25, 0.3) is 0 Å². The van der Waals surface area contributed by atoms with Gasteiger partial charge in [-0.25, -0.2) is 0 Å². The molecule has 0 aromatic carbocycles. The minimum atomic E-state index is -3.99. The molecular weight excluding hydrogens is 253 g/mol. The van der Waals surface area contributed by atoms with Gasteiger partial charge in [-0.15, -0.1) is 0 Å². The van der Waals surface area contributed by atoms with E-state index < -0.39 is 12.1 Å². The minimum Gasteiger partial charge on any atom is -0.314 e. The van der Waals surface area contributed by atoms with Crippen LogP contribution in [-0.2, 0) is 0 Å². The topological polar surface area (TPSA) is 15.3 Å². The Morgan fingerprint density at radius 2 is 1.63 bits per heavy atom. The van der Waals surface area contributed by atoms with E-state index in [2.05, 4.69) is 24.1 Å². The highest BCUT2D eigenvalue weighted by Gasteiger charge is 2.41. The molecule has 0 aromatic heterocycles. The Labute approximate surface area is 114 Å². The largest absolute Gasteiger partial charge is 0.391 e. The number of nitrogens with zero attached hydrogens (tertiary/aromatic N) is 1. The van der Waals surface area contributed by atoms with Crippen LogP contribution in [0.3, 0.4) is 0 Å². The standard InChI is InChI=1S/C14H27F3N2/c1-3-19(4-2)11-5-10-18-13-8-6-12(7-9-13)14(15,16)17/h12-13,18H,3-11H2,1-2H3. The molecule has 1 N–H and O–H groups in total. The minimum absolute atomic E-state index is 0.287. The molecule has 19 heavy (non-hydrogen) atoms. The molecule has 1 fully saturated rings. The number of halogens is 3. The maximum absolute atomic E-state index is 12.5. The lowest BCUT2D eigenvalue weighted by Crippen LogP contribution is -2.38. The van der Waals surface area contributed by atoms with E-state index in [0.29, 0.717) is 12.8 Å². The van der Waals surface area contributed by atoms with Gasteiger partial charge in [0.05, 0.1) is 5.92 Å². The van der Waals surface area contributed by atoms with Crippen LogP contribution < -0.4 is 5.32 Å². The van der Waals surface area contributed by atoms with E-state index in [1.165, 1.54) is 0 Å². The first kappa shape index (κ1) is 16.8. The third kappa shape index (κ3) is 6.13. The van der Waals surface area contributed by atoms with Crippen molar-refractivity contribution in [3.05, 3.63) is 0 Å². The predicted octanol–water partition coefficient (Wildman–Crippen LogP) is 3.43. The monoisotopic (exact) mass is 280 g/mol. The summed E-state index contributed by atoms with van der Waals surface area (Å²) in [5, 5.41) is 3.40. The molecule has 0 aliphatic heterocycles. The van der Waals surface area contributed by atoms with Gasteiger partial charge < -0.3 is 10.2 Å². The Morgan fingerprint density at radius 1 is 1.05 bits per heavy atom. The second-order valence-electron chi connectivity index (χ2n) is 5.42. The van der Waals surface area contributed by atoms with E-state index >= 15 is 0 Å². The first-order valence-electron chi connectivity index (χ1n) is 7.49. The molecule has 0 spiro atoms. The summed E-state index contributed by atoms with van der Waals surface area (Å²) in [6, 6.07) is 0.287. The van der Waals surface area contributed by atoms with Crippen LogP contribution in [0.4, 0.5) is 13.2 Å². The summed E-state index contributed by atoms with van der Waals surface area (Å²) in [5.41, 5.74) is 0. The van der Waals surface area contributed by atoms with Crippen molar-refractivity contribution in [1.29, 1.82) is 0 Å². The van der Waals surface area contributed by atoms with Crippen molar-refractivity contribution in [3.8, 4) is 0 Å². The highest BCUT2D eigenvalue weighted by molar-refractivity contribution is 4.80. The van der Waals surface area contributed by atoms with E-state index in [1.54, 1.807) is 0 Å². The lowest BCUT2D eigenvalue weighted by Gasteiger charge is -2.30. The molecule has 0 aromatic rings. The van der Waals surface area contributed by atoms with E-state index in [0.717, 1.165) is 32.6 Å². The Kier molecular flexibility index (Phi) is 7.15. The first-order chi connectivity index (χ1) is 8.97. The molecule has 0 saturated heterocycles. The fourth-order valence-electron chi connectivity index (χ4n) is 2.77. The average molecular weight is 280 g/mol. The third-order valence-corrected chi connectivity index (χ3v) is 4.17. The van der Waals surface area contributed by atoms with Gasteiger partial charge in [0, 0.05) is 6.04 Å². The molecular formula is C14H27F3N2. The van der Waals surface area contributed by atoms with Gasteiger partial charge in [0.15, 0.2) is 0 Å². The Bertz CT molecular complexity index is 231. The molecule has 0 heterocycles. The van der Waals surface area contributed by atoms with Crippen molar-refractivity contribution in [2.75, 3.05) is 26.2 Å². The predicted molar refractivity (Wildman–Crippen MR) is 72.2 cm³/mol. The molecule has 1 rings (SSSR count). The summed E-state index contributed by atoms with van der Waals surface area (Å²) in [6.07, 6.45) is -1.02. The van der Waals surface area contributed by atoms with Gasteiger partial charge in [0.2, 0.25) is 0 Å². The van der Waals surface area contributed by atoms with Gasteiger partial charge in [-0.3, -0.25) is 0 Å². The fourth-order valence-corrected chi connectivity index (χ4v) is 2.77. The van der Waals surface area contributed by atoms with Crippen molar-refractivity contribution < 1.29 is 13.2 Å². The van der Waals surface area contributed by atoms with Crippen molar-refractivity contribution in [2.45, 2.75) is 58.2 Å². The number of hydrogen-bond acceptors (Lipinski definition) is 2. The molecule has 5 heteroatoms. The van der Waals surface area contributed by atoms with Gasteiger partial charge >= 0.3 is 6.18 Å². The van der Waals surface area contributed by atoms with Crippen molar-refractivity contribution in [3.63, 3.8) is 0 Å². The molecule has 0 atom stereocenters. The summed E-state index contributed by atoms with van der Waals surface area (Å²) in [5.74, 6) is -1.07. The maximum atomic E-state index is 12.5. The molecule has 1 aliphatic rings. The molecule has 1 saturated carbocycles. The zero-order valence-electron chi connectivity index (χ0n) is 12.1. The van der Waals surface area contributed by atoms with Gasteiger partial charge in [-0.2, -0.15) is 13.2 Å². The molecule has 0 radical (unpaired) electrons. The zero-order valence-corrected chi connectivity index (χ0v) is 12.1. The van der Waals surface area contributed by atoms with Crippen molar-refractivity contribution in [1.82, 2.24) is 10.2 Å². The van der Waals surface area contributed by atoms with E-state index in [4.69, 9.17) is 0 Å². The molecule has 114 valence electrons. The summed E-state index contributed by atoms with van der Waals surface area (Å²) < 4.78 is 37.5. The fraction of sp³-hybridized carbons (Fsp3) is 1.00. The second kappa shape index (κ2) is 8.10. The number of alkyl halides is 3. The number of hydrogen-bond donors (Lipinski definition) is 1. The van der Waals surface area contributed by atoms with Crippen LogP contribution in [0.25, 0.3) is 0 Å². The number of nitrogens with one attached hydrogen (secondary N) is 1. The lowest BCUT2D eigenvalue weighted by atomic mass is 9.85. The molecule has 0 amide bonds. The van der Waals surface area contributed by atoms with Gasteiger partial charge in [-0.1, -0.05) is 13.8 Å². The second-order valence-corrected chi connectivity index (χ2v) is 5.42. The SMILES string of the molecule is CCN(CC)CCCNC1CCC(C(F)(F)F)CC1. The van der Waals surface area contributed by atoms with Crippen LogP contribution >= 0.6 is 0 Å². The summed E-state index contributed by atoms with van der Waals surface area (Å²) in [7, 11) is 0. The molecule has 2 nitrogen and oxygen atoms in total. The summed E-state index contributed by atoms with van der Waals surface area (Å²) >= 11 is 0. The highest BCUT2D eigenvalue weighted by Crippen LogP contribution is 2.37. The van der Waals surface area contributed by atoms with E-state index in [-0.39, 0.29) is 18.9 Å². The number of rotatable bonds is 7. The first-order valence-corrected chi connectivity index (χ1v) is 7.49. The summed E-state index contributed by atoms with van der Waals surface area (Å²) in [6.45, 7) is 8.40. The van der Waals surface area contributed by atoms with Gasteiger partial charge in [-0.05, 0) is 58.3 Å². The molecule has 0 unspecified atom stereocenters. The Morgan fingerprint density at radius 3 is 2.11 bits per heavy atom. The quantitative estimate of drug-likeness (QED) is 0.719. The van der Waals surface area contributed by atoms with E-state index in [9.17, 15) is 13.2 Å². The van der Waals surface area contributed by atoms with Gasteiger partial charge in [0.1, 0.15) is 0 Å². The van der Waals surface area contributed by atoms with Crippen LogP contribution in [0, 0.1) is 5.92 Å². The highest BCUT2D eigenvalue weighted by atomic mass is 19.4. The van der Waals surface area contributed by atoms with Crippen LogP contribution in [0.2, 0.25) is 0 Å². The lowest BCUT2D eigenvalue weighted by molar-refractivity contribution is -0.182. The Hall–Kier alpha value is -0.290. The molecule has 0 bridgehead atoms. The van der Waals surface area contributed by atoms with Crippen LogP contribution in [0.1, 0.15) is 46.0 Å². The van der Waals surface area contributed by atoms with Crippen LogP contribution in [0.5, 0.6) is 0 Å². The third-order valence-electron chi connectivity index (χ3n) is 4.17. The molecule has 1 aliphatic carbocycles.